The molecule has 1 aliphatic rings. The molecule has 154 valence electrons. The molecule has 0 saturated heterocycles. The van der Waals surface area contributed by atoms with Crippen LogP contribution in [0.4, 0.5) is 0 Å². The van der Waals surface area contributed by atoms with Gasteiger partial charge in [-0.15, -0.1) is 0 Å². The van der Waals surface area contributed by atoms with Gasteiger partial charge in [0.15, 0.2) is 0 Å². The summed E-state index contributed by atoms with van der Waals surface area (Å²) in [6.07, 6.45) is 7.26. The van der Waals surface area contributed by atoms with Crippen molar-refractivity contribution in [2.24, 2.45) is 0 Å². The highest BCUT2D eigenvalue weighted by molar-refractivity contribution is 5.97. The van der Waals surface area contributed by atoms with Gasteiger partial charge in [0.1, 0.15) is 0 Å². The maximum Gasteiger partial charge on any atom is 0.331 e. The van der Waals surface area contributed by atoms with E-state index in [4.69, 9.17) is 0 Å². The highest BCUT2D eigenvalue weighted by Gasteiger charge is 2.20. The smallest absolute Gasteiger partial charge is 0.331 e. The first-order valence-corrected chi connectivity index (χ1v) is 10.1. The van der Waals surface area contributed by atoms with Crippen LogP contribution in [0, 0.1) is 0 Å². The van der Waals surface area contributed by atoms with Crippen LogP contribution in [-0.2, 0) is 11.2 Å². The summed E-state index contributed by atoms with van der Waals surface area (Å²) in [7, 11) is 0. The molecule has 0 aromatic carbocycles. The third-order valence-electron chi connectivity index (χ3n) is 4.61. The molecule has 0 atom stereocenters. The van der Waals surface area contributed by atoms with Gasteiger partial charge in [0.05, 0.1) is 11.3 Å². The zero-order valence-corrected chi connectivity index (χ0v) is 17.5. The number of aromatic amines is 1. The molecule has 6 heteroatoms. The number of hydrogen-bond acceptors (Lipinski definition) is 3. The van der Waals surface area contributed by atoms with Crippen molar-refractivity contribution in [1.29, 1.82) is 0 Å². The van der Waals surface area contributed by atoms with Crippen molar-refractivity contribution < 1.29 is 14.7 Å². The van der Waals surface area contributed by atoms with Crippen molar-refractivity contribution in [2.75, 3.05) is 6.54 Å². The van der Waals surface area contributed by atoms with Crippen LogP contribution in [0.1, 0.15) is 62.3 Å². The minimum atomic E-state index is -0.891. The van der Waals surface area contributed by atoms with E-state index in [1.165, 1.54) is 0 Å². The van der Waals surface area contributed by atoms with Crippen molar-refractivity contribution >= 4 is 17.4 Å². The minimum Gasteiger partial charge on any atom is -0.478 e. The Balaban J connectivity index is 0.00000145. The van der Waals surface area contributed by atoms with Crippen LogP contribution in [0.5, 0.6) is 0 Å². The van der Waals surface area contributed by atoms with Crippen LogP contribution < -0.4 is 5.32 Å². The number of hydrogen-bond donors (Lipinski definition) is 3. The molecule has 0 bridgehead atoms. The fraction of sp³-hybridized carbons (Fsp3) is 0.348. The van der Waals surface area contributed by atoms with Gasteiger partial charge in [0, 0.05) is 41.7 Å². The van der Waals surface area contributed by atoms with Gasteiger partial charge in [0.25, 0.3) is 5.91 Å². The number of allylic oxidation sites excluding steroid dienone is 3. The van der Waals surface area contributed by atoms with Gasteiger partial charge in [0.2, 0.25) is 0 Å². The van der Waals surface area contributed by atoms with Gasteiger partial charge in [-0.05, 0) is 37.1 Å². The van der Waals surface area contributed by atoms with Crippen LogP contribution in [0.25, 0.3) is 16.8 Å². The predicted octanol–water partition coefficient (Wildman–Crippen LogP) is 4.60. The van der Waals surface area contributed by atoms with Crippen molar-refractivity contribution in [1.82, 2.24) is 15.3 Å². The van der Waals surface area contributed by atoms with E-state index in [1.807, 2.05) is 45.9 Å². The molecule has 3 N–H and O–H groups in total. The van der Waals surface area contributed by atoms with Crippen molar-refractivity contribution in [3.63, 3.8) is 0 Å². The van der Waals surface area contributed by atoms with E-state index < -0.39 is 5.97 Å². The summed E-state index contributed by atoms with van der Waals surface area (Å²) < 4.78 is 0. The standard InChI is InChI=1S/C21H23N3O3.C2H6/c1-3-4-14(21(26)27)6-5-13(2)18-11-15(7-9-22-18)19-12-16-17(24-19)8-10-23-20(16)25;1-2/h5-7,9,11-12,24H,3-4,8,10H2,1-2H3,(H,23,25)(H,26,27);1-2H3/b13-5+,14-6+;. The topological polar surface area (TPSA) is 95.1 Å². The van der Waals surface area contributed by atoms with E-state index in [-0.39, 0.29) is 5.91 Å². The summed E-state index contributed by atoms with van der Waals surface area (Å²) in [5, 5.41) is 12.1. The fourth-order valence-corrected chi connectivity index (χ4v) is 3.10. The maximum atomic E-state index is 12.0. The van der Waals surface area contributed by atoms with Crippen molar-refractivity contribution in [3.05, 3.63) is 59.1 Å². The zero-order chi connectivity index (χ0) is 21.4. The van der Waals surface area contributed by atoms with Crippen molar-refractivity contribution in [2.45, 2.75) is 47.0 Å². The fourth-order valence-electron chi connectivity index (χ4n) is 3.10. The van der Waals surface area contributed by atoms with Gasteiger partial charge < -0.3 is 15.4 Å². The van der Waals surface area contributed by atoms with Crippen LogP contribution in [0.15, 0.2) is 42.1 Å². The normalized spacial score (nSPS) is 13.9. The molecule has 0 aliphatic carbocycles. The molecule has 3 heterocycles. The molecular weight excluding hydrogens is 366 g/mol. The molecule has 2 aromatic rings. The molecule has 3 rings (SSSR count). The number of amides is 1. The third kappa shape index (κ3) is 5.44. The predicted molar refractivity (Wildman–Crippen MR) is 116 cm³/mol. The number of carbonyl (C=O) groups excluding carboxylic acids is 1. The molecule has 1 aliphatic heterocycles. The lowest BCUT2D eigenvalue weighted by atomic mass is 10.1. The third-order valence-corrected chi connectivity index (χ3v) is 4.61. The molecule has 29 heavy (non-hydrogen) atoms. The highest BCUT2D eigenvalue weighted by atomic mass is 16.4. The Kier molecular flexibility index (Phi) is 7.95. The molecule has 0 fully saturated rings. The number of pyridine rings is 1. The first-order valence-electron chi connectivity index (χ1n) is 10.1. The number of aliphatic carboxylic acids is 1. The van der Waals surface area contributed by atoms with Gasteiger partial charge in [-0.25, -0.2) is 4.79 Å². The van der Waals surface area contributed by atoms with Gasteiger partial charge in [-0.3, -0.25) is 9.78 Å². The summed E-state index contributed by atoms with van der Waals surface area (Å²) in [6.45, 7) is 8.50. The Hall–Kier alpha value is -3.15. The SMILES string of the molecule is CC.CCC/C(=C\C=C(/C)c1cc(-c2cc3c([nH]2)CCNC3=O)ccn1)C(=O)O. The Morgan fingerprint density at radius 2 is 2.03 bits per heavy atom. The molecular formula is C23H29N3O3. The largest absolute Gasteiger partial charge is 0.478 e. The van der Waals surface area contributed by atoms with E-state index in [0.717, 1.165) is 41.1 Å². The van der Waals surface area contributed by atoms with Crippen LogP contribution in [-0.4, -0.2) is 33.5 Å². The molecule has 0 radical (unpaired) electrons. The maximum absolute atomic E-state index is 12.0. The second-order valence-electron chi connectivity index (χ2n) is 6.61. The summed E-state index contributed by atoms with van der Waals surface area (Å²) in [6, 6.07) is 5.70. The number of aromatic nitrogens is 2. The Labute approximate surface area is 171 Å². The van der Waals surface area contributed by atoms with Crippen LogP contribution in [0.3, 0.4) is 0 Å². The average molecular weight is 396 g/mol. The van der Waals surface area contributed by atoms with E-state index in [9.17, 15) is 14.7 Å². The Bertz CT molecular complexity index is 939. The monoisotopic (exact) mass is 395 g/mol. The molecule has 0 spiro atoms. The van der Waals surface area contributed by atoms with E-state index in [1.54, 1.807) is 18.3 Å². The number of carboxylic acids is 1. The van der Waals surface area contributed by atoms with Gasteiger partial charge in [-0.1, -0.05) is 39.3 Å². The van der Waals surface area contributed by atoms with E-state index in [0.29, 0.717) is 24.1 Å². The summed E-state index contributed by atoms with van der Waals surface area (Å²) >= 11 is 0. The molecule has 0 unspecified atom stereocenters. The molecule has 2 aromatic heterocycles. The second-order valence-corrected chi connectivity index (χ2v) is 6.61. The number of H-pyrrole nitrogens is 1. The molecule has 1 amide bonds. The highest BCUT2D eigenvalue weighted by Crippen LogP contribution is 2.25. The first kappa shape index (κ1) is 22.1. The lowest BCUT2D eigenvalue weighted by molar-refractivity contribution is -0.132. The lowest BCUT2D eigenvalue weighted by Gasteiger charge is -2.10. The average Bonchev–Trinajstić information content (AvgIpc) is 3.18. The number of rotatable bonds is 6. The second kappa shape index (κ2) is 10.4. The van der Waals surface area contributed by atoms with Crippen LogP contribution >= 0.6 is 0 Å². The summed E-state index contributed by atoms with van der Waals surface area (Å²) in [4.78, 5) is 30.9. The zero-order valence-electron chi connectivity index (χ0n) is 17.5. The van der Waals surface area contributed by atoms with Gasteiger partial charge >= 0.3 is 5.97 Å². The number of fused-ring (bicyclic) bond motifs is 1. The number of carbonyl (C=O) groups is 2. The molecule has 0 saturated carbocycles. The molecule has 6 nitrogen and oxygen atoms in total. The van der Waals surface area contributed by atoms with Crippen LogP contribution in [0.2, 0.25) is 0 Å². The summed E-state index contributed by atoms with van der Waals surface area (Å²) in [5.41, 5.74) is 5.48. The Morgan fingerprint density at radius 3 is 2.69 bits per heavy atom. The number of nitrogens with one attached hydrogen (secondary N) is 2. The summed E-state index contributed by atoms with van der Waals surface area (Å²) in [5.74, 6) is -0.941. The van der Waals surface area contributed by atoms with Crippen molar-refractivity contribution in [3.8, 4) is 11.3 Å². The quantitative estimate of drug-likeness (QED) is 0.492. The number of nitrogens with zero attached hydrogens (tertiary/aromatic N) is 1. The van der Waals surface area contributed by atoms with E-state index in [2.05, 4.69) is 15.3 Å². The van der Waals surface area contributed by atoms with E-state index >= 15 is 0 Å². The number of carboxylic acid groups (broad SMARTS) is 1. The lowest BCUT2D eigenvalue weighted by Crippen LogP contribution is -2.31. The Morgan fingerprint density at radius 1 is 1.28 bits per heavy atom. The van der Waals surface area contributed by atoms with Gasteiger partial charge in [-0.2, -0.15) is 0 Å². The minimum absolute atomic E-state index is 0.0497. The first-order chi connectivity index (χ1) is 14.0.